The largest absolute Gasteiger partial charge is 0.495 e. The lowest BCUT2D eigenvalue weighted by atomic mass is 10.2. The highest BCUT2D eigenvalue weighted by Gasteiger charge is 2.29. The van der Waals surface area contributed by atoms with Crippen LogP contribution in [0.3, 0.4) is 0 Å². The monoisotopic (exact) mass is 488 g/mol. The second-order valence-corrected chi connectivity index (χ2v) is 9.82. The number of carbonyl (C=O) groups is 1. The SMILES string of the molecule is COc1ccc(C(=O)OCc2coc(-c3ccc(F)cc3)n2)cc1S(=O)(=O)N1CCCCCC1. The molecule has 1 aromatic heterocycles. The van der Waals surface area contributed by atoms with Gasteiger partial charge in [0.25, 0.3) is 0 Å². The lowest BCUT2D eigenvalue weighted by Gasteiger charge is -2.21. The third-order valence-electron chi connectivity index (χ3n) is 5.58. The minimum absolute atomic E-state index is 0.0635. The molecule has 0 bridgehead atoms. The van der Waals surface area contributed by atoms with Crippen LogP contribution < -0.4 is 4.74 Å². The lowest BCUT2D eigenvalue weighted by molar-refractivity contribution is 0.0467. The Balaban J connectivity index is 1.49. The summed E-state index contributed by atoms with van der Waals surface area (Å²) in [6, 6.07) is 9.83. The Labute approximate surface area is 197 Å². The molecule has 1 aliphatic rings. The van der Waals surface area contributed by atoms with Gasteiger partial charge in [0, 0.05) is 18.7 Å². The Bertz CT molecular complexity index is 1250. The number of esters is 1. The Morgan fingerprint density at radius 3 is 2.47 bits per heavy atom. The first-order valence-corrected chi connectivity index (χ1v) is 12.4. The molecule has 0 spiro atoms. The molecule has 180 valence electrons. The average Bonchev–Trinajstić information content (AvgIpc) is 3.14. The quantitative estimate of drug-likeness (QED) is 0.454. The number of halogens is 1. The average molecular weight is 489 g/mol. The molecule has 0 aliphatic carbocycles. The van der Waals surface area contributed by atoms with E-state index in [0.717, 1.165) is 25.7 Å². The Hall–Kier alpha value is -3.24. The molecule has 0 atom stereocenters. The first-order chi connectivity index (χ1) is 16.4. The highest BCUT2D eigenvalue weighted by Crippen LogP contribution is 2.30. The topological polar surface area (TPSA) is 98.9 Å². The van der Waals surface area contributed by atoms with E-state index < -0.39 is 16.0 Å². The van der Waals surface area contributed by atoms with Crippen LogP contribution in [-0.4, -0.2) is 43.9 Å². The zero-order valence-corrected chi connectivity index (χ0v) is 19.5. The first-order valence-electron chi connectivity index (χ1n) is 10.9. The van der Waals surface area contributed by atoms with Crippen LogP contribution in [0.2, 0.25) is 0 Å². The number of nitrogens with zero attached hydrogens (tertiary/aromatic N) is 2. The van der Waals surface area contributed by atoms with E-state index in [-0.39, 0.29) is 34.5 Å². The number of rotatable bonds is 7. The van der Waals surface area contributed by atoms with Crippen LogP contribution in [0.5, 0.6) is 5.75 Å². The maximum absolute atomic E-state index is 13.3. The number of methoxy groups -OCH3 is 1. The number of aromatic nitrogens is 1. The van der Waals surface area contributed by atoms with Gasteiger partial charge in [-0.3, -0.25) is 0 Å². The van der Waals surface area contributed by atoms with Crippen molar-refractivity contribution in [2.24, 2.45) is 0 Å². The zero-order valence-electron chi connectivity index (χ0n) is 18.7. The molecule has 0 radical (unpaired) electrons. The minimum Gasteiger partial charge on any atom is -0.495 e. The first kappa shape index (κ1) is 23.9. The van der Waals surface area contributed by atoms with Crippen LogP contribution in [0, 0.1) is 5.82 Å². The summed E-state index contributed by atoms with van der Waals surface area (Å²) in [5.74, 6) is -0.648. The maximum atomic E-state index is 13.3. The fourth-order valence-electron chi connectivity index (χ4n) is 3.75. The molecule has 0 saturated carbocycles. The molecule has 8 nitrogen and oxygen atoms in total. The number of oxazole rings is 1. The van der Waals surface area contributed by atoms with Crippen molar-refractivity contribution in [1.82, 2.24) is 9.29 Å². The van der Waals surface area contributed by atoms with E-state index in [4.69, 9.17) is 13.9 Å². The van der Waals surface area contributed by atoms with Crippen molar-refractivity contribution in [3.63, 3.8) is 0 Å². The van der Waals surface area contributed by atoms with Gasteiger partial charge >= 0.3 is 5.97 Å². The standard InChI is InChI=1S/C24H25FN2O6S/c1-31-21-11-8-18(14-22(21)34(29,30)27-12-4-2-3-5-13-27)24(28)33-16-20-15-32-23(26-20)17-6-9-19(25)10-7-17/h6-11,14-15H,2-5,12-13,16H2,1H3. The van der Waals surface area contributed by atoms with Gasteiger partial charge in [0.15, 0.2) is 0 Å². The van der Waals surface area contributed by atoms with E-state index in [1.54, 1.807) is 0 Å². The fourth-order valence-corrected chi connectivity index (χ4v) is 5.45. The van der Waals surface area contributed by atoms with Crippen molar-refractivity contribution in [3.8, 4) is 17.2 Å². The molecule has 1 aliphatic heterocycles. The predicted molar refractivity (Wildman–Crippen MR) is 121 cm³/mol. The van der Waals surface area contributed by atoms with Crippen LogP contribution in [0.1, 0.15) is 41.7 Å². The van der Waals surface area contributed by atoms with Crippen molar-refractivity contribution in [2.75, 3.05) is 20.2 Å². The molecule has 0 amide bonds. The molecule has 10 heteroatoms. The van der Waals surface area contributed by atoms with Crippen LogP contribution in [0.4, 0.5) is 4.39 Å². The molecular weight excluding hydrogens is 463 g/mol. The molecule has 2 heterocycles. The maximum Gasteiger partial charge on any atom is 0.338 e. The summed E-state index contributed by atoms with van der Waals surface area (Å²) in [4.78, 5) is 16.8. The van der Waals surface area contributed by atoms with Crippen LogP contribution in [0.25, 0.3) is 11.5 Å². The molecule has 0 N–H and O–H groups in total. The molecule has 1 saturated heterocycles. The van der Waals surface area contributed by atoms with Gasteiger partial charge in [-0.1, -0.05) is 12.8 Å². The molecule has 1 fully saturated rings. The van der Waals surface area contributed by atoms with Gasteiger partial charge in [-0.25, -0.2) is 22.6 Å². The summed E-state index contributed by atoms with van der Waals surface area (Å²) >= 11 is 0. The van der Waals surface area contributed by atoms with E-state index >= 15 is 0 Å². The van der Waals surface area contributed by atoms with Gasteiger partial charge in [0.1, 0.15) is 35.0 Å². The zero-order chi connectivity index (χ0) is 24.1. The van der Waals surface area contributed by atoms with E-state index in [1.165, 1.54) is 60.1 Å². The summed E-state index contributed by atoms with van der Waals surface area (Å²) in [7, 11) is -2.45. The Morgan fingerprint density at radius 2 is 1.79 bits per heavy atom. The summed E-state index contributed by atoms with van der Waals surface area (Å²) in [5.41, 5.74) is 1.02. The van der Waals surface area contributed by atoms with E-state index in [0.29, 0.717) is 24.3 Å². The minimum atomic E-state index is -3.84. The third-order valence-corrected chi connectivity index (χ3v) is 7.50. The van der Waals surface area contributed by atoms with Crippen molar-refractivity contribution < 1.29 is 31.5 Å². The number of benzene rings is 2. The molecular formula is C24H25FN2O6S. The molecule has 4 rings (SSSR count). The molecule has 0 unspecified atom stereocenters. The van der Waals surface area contributed by atoms with Crippen LogP contribution in [0.15, 0.2) is 58.0 Å². The van der Waals surface area contributed by atoms with Gasteiger partial charge < -0.3 is 13.9 Å². The summed E-state index contributed by atoms with van der Waals surface area (Å²) in [6.07, 6.45) is 4.90. The van der Waals surface area contributed by atoms with Gasteiger partial charge in [-0.05, 0) is 55.3 Å². The smallest absolute Gasteiger partial charge is 0.338 e. The third kappa shape index (κ3) is 5.28. The van der Waals surface area contributed by atoms with E-state index in [9.17, 15) is 17.6 Å². The van der Waals surface area contributed by atoms with Gasteiger partial charge in [-0.2, -0.15) is 4.31 Å². The number of sulfonamides is 1. The van der Waals surface area contributed by atoms with Crippen LogP contribution >= 0.6 is 0 Å². The number of carbonyl (C=O) groups excluding carboxylic acids is 1. The number of hydrogen-bond acceptors (Lipinski definition) is 7. The van der Waals surface area contributed by atoms with Gasteiger partial charge in [0.05, 0.1) is 12.7 Å². The highest BCUT2D eigenvalue weighted by atomic mass is 32.2. The lowest BCUT2D eigenvalue weighted by Crippen LogP contribution is -2.32. The second-order valence-electron chi connectivity index (χ2n) is 7.91. The van der Waals surface area contributed by atoms with Crippen molar-refractivity contribution in [3.05, 3.63) is 65.8 Å². The fraction of sp³-hybridized carbons (Fsp3) is 0.333. The summed E-state index contributed by atoms with van der Waals surface area (Å²) in [6.45, 7) is 0.690. The number of ether oxygens (including phenoxy) is 2. The predicted octanol–water partition coefficient (Wildman–Crippen LogP) is 4.41. The Morgan fingerprint density at radius 1 is 1.09 bits per heavy atom. The van der Waals surface area contributed by atoms with E-state index in [2.05, 4.69) is 4.98 Å². The van der Waals surface area contributed by atoms with Crippen molar-refractivity contribution in [2.45, 2.75) is 37.2 Å². The molecule has 3 aromatic rings. The van der Waals surface area contributed by atoms with Gasteiger partial charge in [0.2, 0.25) is 15.9 Å². The number of hydrogen-bond donors (Lipinski definition) is 0. The molecule has 2 aromatic carbocycles. The Kier molecular flexibility index (Phi) is 7.28. The van der Waals surface area contributed by atoms with Crippen molar-refractivity contribution >= 4 is 16.0 Å². The van der Waals surface area contributed by atoms with Crippen LogP contribution in [-0.2, 0) is 21.4 Å². The summed E-state index contributed by atoms with van der Waals surface area (Å²) < 4.78 is 57.1. The van der Waals surface area contributed by atoms with E-state index in [1.807, 2.05) is 0 Å². The van der Waals surface area contributed by atoms with Crippen molar-refractivity contribution in [1.29, 1.82) is 0 Å². The second kappa shape index (κ2) is 10.4. The summed E-state index contributed by atoms with van der Waals surface area (Å²) in [5, 5.41) is 0. The normalized spacial score (nSPS) is 15.0. The molecule has 34 heavy (non-hydrogen) atoms. The highest BCUT2D eigenvalue weighted by molar-refractivity contribution is 7.89. The van der Waals surface area contributed by atoms with Gasteiger partial charge in [-0.15, -0.1) is 0 Å².